The lowest BCUT2D eigenvalue weighted by atomic mass is 9.99. The second-order valence-electron chi connectivity index (χ2n) is 4.16. The number of pyridine rings is 1. The Balaban J connectivity index is 1.81. The van der Waals surface area contributed by atoms with Crippen molar-refractivity contribution in [3.63, 3.8) is 0 Å². The summed E-state index contributed by atoms with van der Waals surface area (Å²) in [6, 6.07) is 5.61. The Labute approximate surface area is 95.2 Å². The molecule has 1 unspecified atom stereocenters. The molecule has 2 heterocycles. The third-order valence-electron chi connectivity index (χ3n) is 2.83. The molecular formula is C12H16N2O2. The molecule has 4 nitrogen and oxygen atoms in total. The van der Waals surface area contributed by atoms with Gasteiger partial charge in [-0.25, -0.2) is 4.98 Å². The molecule has 1 aliphatic rings. The summed E-state index contributed by atoms with van der Waals surface area (Å²) < 4.78 is 5.58. The molecule has 1 aromatic rings. The quantitative estimate of drug-likeness (QED) is 0.771. The van der Waals surface area contributed by atoms with Gasteiger partial charge in [-0.2, -0.15) is 0 Å². The lowest BCUT2D eigenvalue weighted by Crippen LogP contribution is -2.38. The SMILES string of the molecule is CN1CC(COc2ccccn2)CCC1=O. The Hall–Kier alpha value is -1.58. The van der Waals surface area contributed by atoms with Gasteiger partial charge < -0.3 is 9.64 Å². The zero-order valence-electron chi connectivity index (χ0n) is 9.43. The van der Waals surface area contributed by atoms with Crippen LogP contribution >= 0.6 is 0 Å². The maximum absolute atomic E-state index is 11.3. The second kappa shape index (κ2) is 4.96. The van der Waals surface area contributed by atoms with Gasteiger partial charge in [0.05, 0.1) is 6.61 Å². The Bertz CT molecular complexity index is 353. The Morgan fingerprint density at radius 3 is 3.12 bits per heavy atom. The fourth-order valence-electron chi connectivity index (χ4n) is 1.87. The van der Waals surface area contributed by atoms with E-state index in [4.69, 9.17) is 4.74 Å². The molecule has 1 saturated heterocycles. The number of carbonyl (C=O) groups is 1. The van der Waals surface area contributed by atoms with Crippen LogP contribution in [0.1, 0.15) is 12.8 Å². The molecule has 0 bridgehead atoms. The van der Waals surface area contributed by atoms with Crippen LogP contribution in [0.5, 0.6) is 5.88 Å². The summed E-state index contributed by atoms with van der Waals surface area (Å²) >= 11 is 0. The van der Waals surface area contributed by atoms with Crippen LogP contribution in [0.25, 0.3) is 0 Å². The van der Waals surface area contributed by atoms with E-state index in [2.05, 4.69) is 4.98 Å². The van der Waals surface area contributed by atoms with Crippen LogP contribution in [0, 0.1) is 5.92 Å². The van der Waals surface area contributed by atoms with Crippen LogP contribution in [0.4, 0.5) is 0 Å². The minimum absolute atomic E-state index is 0.231. The van der Waals surface area contributed by atoms with E-state index in [-0.39, 0.29) is 5.91 Å². The van der Waals surface area contributed by atoms with Crippen molar-refractivity contribution in [3.8, 4) is 5.88 Å². The molecule has 0 radical (unpaired) electrons. The first-order valence-electron chi connectivity index (χ1n) is 5.53. The molecule has 1 aliphatic heterocycles. The number of rotatable bonds is 3. The van der Waals surface area contributed by atoms with E-state index in [1.807, 2.05) is 25.2 Å². The van der Waals surface area contributed by atoms with Crippen molar-refractivity contribution in [1.82, 2.24) is 9.88 Å². The molecule has 4 heteroatoms. The number of amides is 1. The molecule has 0 aliphatic carbocycles. The van der Waals surface area contributed by atoms with Crippen molar-refractivity contribution in [1.29, 1.82) is 0 Å². The summed E-state index contributed by atoms with van der Waals surface area (Å²) in [6.45, 7) is 1.42. The molecular weight excluding hydrogens is 204 g/mol. The predicted molar refractivity (Wildman–Crippen MR) is 60.1 cm³/mol. The number of aromatic nitrogens is 1. The summed E-state index contributed by atoms with van der Waals surface area (Å²) in [4.78, 5) is 17.2. The molecule has 0 N–H and O–H groups in total. The van der Waals surface area contributed by atoms with E-state index in [0.717, 1.165) is 13.0 Å². The predicted octanol–water partition coefficient (Wildman–Crippen LogP) is 1.33. The lowest BCUT2D eigenvalue weighted by molar-refractivity contribution is -0.133. The molecule has 1 aromatic heterocycles. The number of nitrogens with zero attached hydrogens (tertiary/aromatic N) is 2. The van der Waals surface area contributed by atoms with Gasteiger partial charge in [0.1, 0.15) is 0 Å². The van der Waals surface area contributed by atoms with Crippen molar-refractivity contribution >= 4 is 5.91 Å². The van der Waals surface area contributed by atoms with Gasteiger partial charge in [0.15, 0.2) is 0 Å². The van der Waals surface area contributed by atoms with E-state index < -0.39 is 0 Å². The Morgan fingerprint density at radius 1 is 1.56 bits per heavy atom. The molecule has 1 atom stereocenters. The summed E-state index contributed by atoms with van der Waals surface area (Å²) in [5, 5.41) is 0. The minimum atomic E-state index is 0.231. The first kappa shape index (κ1) is 10.9. The number of carbonyl (C=O) groups excluding carboxylic acids is 1. The molecule has 86 valence electrons. The van der Waals surface area contributed by atoms with E-state index in [1.54, 1.807) is 11.1 Å². The number of likely N-dealkylation sites (tertiary alicyclic amines) is 1. The van der Waals surface area contributed by atoms with E-state index in [0.29, 0.717) is 24.8 Å². The van der Waals surface area contributed by atoms with E-state index in [1.165, 1.54) is 0 Å². The highest BCUT2D eigenvalue weighted by atomic mass is 16.5. The largest absolute Gasteiger partial charge is 0.477 e. The first-order valence-corrected chi connectivity index (χ1v) is 5.53. The highest BCUT2D eigenvalue weighted by Crippen LogP contribution is 2.17. The normalized spacial score (nSPS) is 20.9. The van der Waals surface area contributed by atoms with Crippen molar-refractivity contribution in [2.24, 2.45) is 5.92 Å². The summed E-state index contributed by atoms with van der Waals surface area (Å²) in [5.41, 5.74) is 0. The summed E-state index contributed by atoms with van der Waals surface area (Å²) in [6.07, 6.45) is 3.26. The van der Waals surface area contributed by atoms with Crippen LogP contribution in [0.3, 0.4) is 0 Å². The first-order chi connectivity index (χ1) is 7.75. The van der Waals surface area contributed by atoms with Gasteiger partial charge in [0, 0.05) is 38.2 Å². The average molecular weight is 220 g/mol. The lowest BCUT2D eigenvalue weighted by Gasteiger charge is -2.29. The topological polar surface area (TPSA) is 42.4 Å². The Kier molecular flexibility index (Phi) is 3.39. The third-order valence-corrected chi connectivity index (χ3v) is 2.83. The van der Waals surface area contributed by atoms with Gasteiger partial charge in [-0.1, -0.05) is 6.07 Å². The monoisotopic (exact) mass is 220 g/mol. The Morgan fingerprint density at radius 2 is 2.44 bits per heavy atom. The molecule has 0 saturated carbocycles. The third kappa shape index (κ3) is 2.72. The minimum Gasteiger partial charge on any atom is -0.477 e. The van der Waals surface area contributed by atoms with Crippen LogP contribution in [0.15, 0.2) is 24.4 Å². The van der Waals surface area contributed by atoms with Gasteiger partial charge in [-0.05, 0) is 12.5 Å². The highest BCUT2D eigenvalue weighted by molar-refractivity contribution is 5.76. The van der Waals surface area contributed by atoms with Crippen molar-refractivity contribution in [2.45, 2.75) is 12.8 Å². The van der Waals surface area contributed by atoms with Gasteiger partial charge in [0.25, 0.3) is 0 Å². The van der Waals surface area contributed by atoms with Gasteiger partial charge in [-0.3, -0.25) is 4.79 Å². The maximum Gasteiger partial charge on any atom is 0.222 e. The second-order valence-corrected chi connectivity index (χ2v) is 4.16. The van der Waals surface area contributed by atoms with Crippen LogP contribution < -0.4 is 4.74 Å². The molecule has 0 spiro atoms. The van der Waals surface area contributed by atoms with Crippen molar-refractivity contribution in [3.05, 3.63) is 24.4 Å². The molecule has 1 fully saturated rings. The molecule has 0 aromatic carbocycles. The number of hydrogen-bond donors (Lipinski definition) is 0. The zero-order chi connectivity index (χ0) is 11.4. The van der Waals surface area contributed by atoms with Crippen LogP contribution in [0.2, 0.25) is 0 Å². The molecule has 16 heavy (non-hydrogen) atoms. The maximum atomic E-state index is 11.3. The number of hydrogen-bond acceptors (Lipinski definition) is 3. The summed E-state index contributed by atoms with van der Waals surface area (Å²) in [7, 11) is 1.84. The molecule has 2 rings (SSSR count). The highest BCUT2D eigenvalue weighted by Gasteiger charge is 2.23. The van der Waals surface area contributed by atoms with Crippen LogP contribution in [-0.4, -0.2) is 36.0 Å². The standard InChI is InChI=1S/C12H16N2O2/c1-14-8-10(5-6-12(14)15)9-16-11-4-2-3-7-13-11/h2-4,7,10H,5-6,8-9H2,1H3. The van der Waals surface area contributed by atoms with E-state index >= 15 is 0 Å². The molecule has 1 amide bonds. The number of ether oxygens (including phenoxy) is 1. The fourth-order valence-corrected chi connectivity index (χ4v) is 1.87. The van der Waals surface area contributed by atoms with Crippen molar-refractivity contribution < 1.29 is 9.53 Å². The average Bonchev–Trinajstić information content (AvgIpc) is 2.32. The number of piperidine rings is 1. The fraction of sp³-hybridized carbons (Fsp3) is 0.500. The van der Waals surface area contributed by atoms with E-state index in [9.17, 15) is 4.79 Å². The van der Waals surface area contributed by atoms with Gasteiger partial charge >= 0.3 is 0 Å². The van der Waals surface area contributed by atoms with Gasteiger partial charge in [-0.15, -0.1) is 0 Å². The van der Waals surface area contributed by atoms with Crippen LogP contribution in [-0.2, 0) is 4.79 Å². The van der Waals surface area contributed by atoms with Crippen molar-refractivity contribution in [2.75, 3.05) is 20.2 Å². The summed E-state index contributed by atoms with van der Waals surface area (Å²) in [5.74, 6) is 1.31. The zero-order valence-corrected chi connectivity index (χ0v) is 9.43. The smallest absolute Gasteiger partial charge is 0.222 e. The van der Waals surface area contributed by atoms with Gasteiger partial charge in [0.2, 0.25) is 11.8 Å².